The van der Waals surface area contributed by atoms with Crippen molar-refractivity contribution in [3.05, 3.63) is 0 Å². The summed E-state index contributed by atoms with van der Waals surface area (Å²) in [6.45, 7) is 1.26. The fraction of sp³-hybridized carbons (Fsp3) is 0.700. The van der Waals surface area contributed by atoms with E-state index in [0.717, 1.165) is 0 Å². The molecule has 1 heterocycles. The maximum Gasteiger partial charge on any atom is 0.312 e. The number of cyclic esters (lactones) is 1. The summed E-state index contributed by atoms with van der Waals surface area (Å²) in [6.07, 6.45) is 0.349. The van der Waals surface area contributed by atoms with Gasteiger partial charge >= 0.3 is 11.9 Å². The van der Waals surface area contributed by atoms with E-state index >= 15 is 0 Å². The lowest BCUT2D eigenvalue weighted by molar-refractivity contribution is -0.180. The summed E-state index contributed by atoms with van der Waals surface area (Å²) >= 11 is 0. The maximum absolute atomic E-state index is 11.4. The van der Waals surface area contributed by atoms with Crippen molar-refractivity contribution in [2.75, 3.05) is 0 Å². The molecule has 1 saturated heterocycles. The molecule has 3 atom stereocenters. The predicted molar refractivity (Wildman–Crippen MR) is 47.5 cm³/mol. The van der Waals surface area contributed by atoms with Gasteiger partial charge in [-0.15, -0.1) is 0 Å². The number of esters is 2. The van der Waals surface area contributed by atoms with Gasteiger partial charge in [-0.05, 0) is 6.42 Å². The predicted octanol–water partition coefficient (Wildman–Crippen LogP) is 0.418. The summed E-state index contributed by atoms with van der Waals surface area (Å²) in [5.74, 6) is -1.29. The summed E-state index contributed by atoms with van der Waals surface area (Å²) in [7, 11) is 0. The van der Waals surface area contributed by atoms with Crippen molar-refractivity contribution in [3.8, 4) is 0 Å². The first-order valence-electron chi connectivity index (χ1n) is 4.97. The van der Waals surface area contributed by atoms with Crippen LogP contribution in [0.15, 0.2) is 0 Å². The normalized spacial score (nSPS) is 34.6. The van der Waals surface area contributed by atoms with Crippen molar-refractivity contribution < 1.29 is 23.9 Å². The van der Waals surface area contributed by atoms with Crippen LogP contribution in [0.4, 0.5) is 0 Å². The van der Waals surface area contributed by atoms with Crippen LogP contribution in [0.2, 0.25) is 0 Å². The molecular formula is C10H12O5. The molecule has 0 unspecified atom stereocenters. The van der Waals surface area contributed by atoms with Gasteiger partial charge in [-0.3, -0.25) is 14.4 Å². The summed E-state index contributed by atoms with van der Waals surface area (Å²) < 4.78 is 9.80. The Morgan fingerprint density at radius 3 is 2.87 bits per heavy atom. The highest BCUT2D eigenvalue weighted by molar-refractivity contribution is 5.84. The van der Waals surface area contributed by atoms with Gasteiger partial charge in [0, 0.05) is 19.8 Å². The number of fused-ring (bicyclic) bond motifs is 1. The fourth-order valence-corrected chi connectivity index (χ4v) is 2.18. The lowest BCUT2D eigenvalue weighted by Gasteiger charge is -2.23. The van der Waals surface area contributed by atoms with Crippen LogP contribution in [-0.4, -0.2) is 24.0 Å². The van der Waals surface area contributed by atoms with Crippen LogP contribution in [0, 0.1) is 11.8 Å². The first-order chi connectivity index (χ1) is 7.08. The van der Waals surface area contributed by atoms with Gasteiger partial charge in [0.1, 0.15) is 5.78 Å². The van der Waals surface area contributed by atoms with E-state index in [1.54, 1.807) is 0 Å². The largest absolute Gasteiger partial charge is 0.425 e. The van der Waals surface area contributed by atoms with Crippen LogP contribution < -0.4 is 0 Å². The van der Waals surface area contributed by atoms with Crippen LogP contribution >= 0.6 is 0 Å². The molecule has 0 radical (unpaired) electrons. The molecule has 0 aromatic rings. The third-order valence-corrected chi connectivity index (χ3v) is 2.88. The summed E-state index contributed by atoms with van der Waals surface area (Å²) in [5, 5.41) is 0. The molecule has 0 spiro atoms. The van der Waals surface area contributed by atoms with Crippen molar-refractivity contribution >= 4 is 17.7 Å². The zero-order chi connectivity index (χ0) is 11.0. The van der Waals surface area contributed by atoms with Crippen molar-refractivity contribution in [2.24, 2.45) is 11.8 Å². The van der Waals surface area contributed by atoms with Crippen LogP contribution in [0.25, 0.3) is 0 Å². The Bertz CT molecular complexity index is 322. The van der Waals surface area contributed by atoms with Crippen molar-refractivity contribution in [2.45, 2.75) is 32.5 Å². The zero-order valence-electron chi connectivity index (χ0n) is 8.39. The molecule has 0 amide bonds. The molecule has 0 aromatic heterocycles. The Kier molecular flexibility index (Phi) is 2.46. The van der Waals surface area contributed by atoms with Crippen LogP contribution in [0.5, 0.6) is 0 Å². The minimum Gasteiger partial charge on any atom is -0.425 e. The number of Topliss-reactive ketones (excluding diaryl/α,β-unsaturated/α-hetero) is 1. The average molecular weight is 212 g/mol. The van der Waals surface area contributed by atoms with E-state index < -0.39 is 12.3 Å². The first kappa shape index (κ1) is 10.1. The number of carbonyl (C=O) groups excluding carboxylic acids is 3. The molecule has 5 heteroatoms. The van der Waals surface area contributed by atoms with E-state index in [1.165, 1.54) is 6.92 Å². The van der Waals surface area contributed by atoms with E-state index in [9.17, 15) is 14.4 Å². The van der Waals surface area contributed by atoms with Crippen LogP contribution in [-0.2, 0) is 23.9 Å². The molecule has 0 N–H and O–H groups in total. The monoisotopic (exact) mass is 212 g/mol. The molecule has 82 valence electrons. The van der Waals surface area contributed by atoms with Gasteiger partial charge in [0.15, 0.2) is 0 Å². The number of ether oxygens (including phenoxy) is 2. The smallest absolute Gasteiger partial charge is 0.312 e. The lowest BCUT2D eigenvalue weighted by Crippen LogP contribution is -2.31. The first-order valence-corrected chi connectivity index (χ1v) is 4.97. The Hall–Kier alpha value is -1.39. The number of carbonyl (C=O) groups is 3. The number of hydrogen-bond donors (Lipinski definition) is 0. The third kappa shape index (κ3) is 1.86. The highest BCUT2D eigenvalue weighted by Gasteiger charge is 2.49. The highest BCUT2D eigenvalue weighted by Crippen LogP contribution is 2.38. The van der Waals surface area contributed by atoms with Crippen molar-refractivity contribution in [1.29, 1.82) is 0 Å². The molecule has 5 nitrogen and oxygen atoms in total. The molecule has 2 fully saturated rings. The summed E-state index contributed by atoms with van der Waals surface area (Å²) in [5.41, 5.74) is 0. The second-order valence-corrected chi connectivity index (χ2v) is 3.97. The Balaban J connectivity index is 2.11. The second kappa shape index (κ2) is 3.64. The minimum atomic E-state index is -0.857. The standard InChI is InChI=1S/C10H12O5/c1-5(11)14-10-8-4-6(12)2-3-7(8)9(13)15-10/h7-8,10H,2-4H2,1H3/t7-,8-,10-/m1/s1. The summed E-state index contributed by atoms with van der Waals surface area (Å²) in [4.78, 5) is 33.4. The lowest BCUT2D eigenvalue weighted by atomic mass is 9.80. The Labute approximate surface area is 86.7 Å². The number of hydrogen-bond acceptors (Lipinski definition) is 5. The van der Waals surface area contributed by atoms with Gasteiger partial charge in [0.25, 0.3) is 6.29 Å². The van der Waals surface area contributed by atoms with E-state index in [1.807, 2.05) is 0 Å². The van der Waals surface area contributed by atoms with E-state index in [4.69, 9.17) is 9.47 Å². The van der Waals surface area contributed by atoms with E-state index in [2.05, 4.69) is 0 Å². The molecule has 0 aromatic carbocycles. The van der Waals surface area contributed by atoms with Gasteiger partial charge in [0.2, 0.25) is 0 Å². The molecular weight excluding hydrogens is 200 g/mol. The molecule has 1 aliphatic heterocycles. The Morgan fingerprint density at radius 1 is 1.47 bits per heavy atom. The van der Waals surface area contributed by atoms with Crippen molar-refractivity contribution in [3.63, 3.8) is 0 Å². The SMILES string of the molecule is CC(=O)O[C@@H]1OC(=O)[C@@H]2CCC(=O)C[C@@H]12. The Morgan fingerprint density at radius 2 is 2.20 bits per heavy atom. The minimum absolute atomic E-state index is 0.103. The topological polar surface area (TPSA) is 69.7 Å². The van der Waals surface area contributed by atoms with E-state index in [-0.39, 0.29) is 30.0 Å². The number of rotatable bonds is 1. The van der Waals surface area contributed by atoms with Gasteiger partial charge < -0.3 is 9.47 Å². The quantitative estimate of drug-likeness (QED) is 0.589. The molecule has 2 aliphatic rings. The average Bonchev–Trinajstić information content (AvgIpc) is 2.42. The van der Waals surface area contributed by atoms with Crippen molar-refractivity contribution in [1.82, 2.24) is 0 Å². The second-order valence-electron chi connectivity index (χ2n) is 3.97. The third-order valence-electron chi connectivity index (χ3n) is 2.88. The van der Waals surface area contributed by atoms with E-state index in [0.29, 0.717) is 12.8 Å². The highest BCUT2D eigenvalue weighted by atomic mass is 16.7. The molecule has 0 bridgehead atoms. The van der Waals surface area contributed by atoms with Gasteiger partial charge in [-0.25, -0.2) is 0 Å². The van der Waals surface area contributed by atoms with Gasteiger partial charge in [-0.2, -0.15) is 0 Å². The zero-order valence-corrected chi connectivity index (χ0v) is 8.39. The maximum atomic E-state index is 11.4. The summed E-state index contributed by atoms with van der Waals surface area (Å²) in [6, 6.07) is 0. The van der Waals surface area contributed by atoms with Crippen LogP contribution in [0.1, 0.15) is 26.2 Å². The number of ketones is 1. The molecule has 1 saturated carbocycles. The van der Waals surface area contributed by atoms with Gasteiger partial charge in [-0.1, -0.05) is 0 Å². The van der Waals surface area contributed by atoms with Crippen LogP contribution in [0.3, 0.4) is 0 Å². The molecule has 1 aliphatic carbocycles. The van der Waals surface area contributed by atoms with Gasteiger partial charge in [0.05, 0.1) is 11.8 Å². The molecule has 15 heavy (non-hydrogen) atoms. The fourth-order valence-electron chi connectivity index (χ4n) is 2.18. The molecule has 2 rings (SSSR count).